The first-order valence-electron chi connectivity index (χ1n) is 11.0. The van der Waals surface area contributed by atoms with Crippen molar-refractivity contribution in [1.82, 2.24) is 15.5 Å². The van der Waals surface area contributed by atoms with Crippen LogP contribution in [0.2, 0.25) is 0 Å². The van der Waals surface area contributed by atoms with E-state index in [1.54, 1.807) is 12.1 Å². The zero-order chi connectivity index (χ0) is 21.2. The number of fused-ring (bicyclic) bond motifs is 3. The molecule has 0 unspecified atom stereocenters. The van der Waals surface area contributed by atoms with Gasteiger partial charge in [0.25, 0.3) is 0 Å². The van der Waals surface area contributed by atoms with Crippen molar-refractivity contribution in [3.05, 3.63) is 83.4 Å². The van der Waals surface area contributed by atoms with E-state index in [-0.39, 0.29) is 5.75 Å². The van der Waals surface area contributed by atoms with Crippen LogP contribution in [-0.2, 0) is 13.0 Å². The van der Waals surface area contributed by atoms with Gasteiger partial charge in [-0.05, 0) is 47.4 Å². The highest BCUT2D eigenvalue weighted by atomic mass is 16.3. The number of benzene rings is 3. The van der Waals surface area contributed by atoms with E-state index in [0.717, 1.165) is 47.6 Å². The Balaban J connectivity index is 1.36. The fourth-order valence-electron chi connectivity index (χ4n) is 4.35. The lowest BCUT2D eigenvalue weighted by atomic mass is 10.0. The van der Waals surface area contributed by atoms with Crippen LogP contribution < -0.4 is 5.32 Å². The van der Waals surface area contributed by atoms with Gasteiger partial charge >= 0.3 is 0 Å². The highest BCUT2D eigenvalue weighted by Crippen LogP contribution is 2.40. The smallest absolute Gasteiger partial charge is 0.115 e. The van der Waals surface area contributed by atoms with Crippen molar-refractivity contribution in [1.29, 1.82) is 0 Å². The summed E-state index contributed by atoms with van der Waals surface area (Å²) in [5.41, 5.74) is 10.8. The van der Waals surface area contributed by atoms with Crippen molar-refractivity contribution in [2.24, 2.45) is 0 Å². The first-order chi connectivity index (χ1) is 15.2. The molecule has 0 amide bonds. The number of aromatic nitrogens is 2. The Labute approximate surface area is 183 Å². The van der Waals surface area contributed by atoms with Crippen LogP contribution in [0.4, 0.5) is 0 Å². The Morgan fingerprint density at radius 2 is 1.65 bits per heavy atom. The molecule has 4 nitrogen and oxygen atoms in total. The molecule has 0 atom stereocenters. The normalized spacial score (nSPS) is 12.0. The molecule has 1 aliphatic carbocycles. The van der Waals surface area contributed by atoms with Crippen LogP contribution in [0, 0.1) is 0 Å². The van der Waals surface area contributed by atoms with E-state index < -0.39 is 0 Å². The summed E-state index contributed by atoms with van der Waals surface area (Å²) in [6.07, 6.45) is 3.35. The number of H-pyrrole nitrogens is 1. The molecule has 0 saturated carbocycles. The molecule has 5 rings (SSSR count). The fourth-order valence-corrected chi connectivity index (χ4v) is 4.35. The Kier molecular flexibility index (Phi) is 5.31. The maximum atomic E-state index is 9.50. The lowest BCUT2D eigenvalue weighted by Gasteiger charge is -2.07. The van der Waals surface area contributed by atoms with E-state index in [1.165, 1.54) is 35.1 Å². The third-order valence-corrected chi connectivity index (χ3v) is 6.07. The average Bonchev–Trinajstić information content (AvgIpc) is 3.36. The van der Waals surface area contributed by atoms with Gasteiger partial charge in [0, 0.05) is 29.7 Å². The number of rotatable bonds is 7. The second-order valence-corrected chi connectivity index (χ2v) is 8.25. The molecular formula is C27H27N3O. The lowest BCUT2D eigenvalue weighted by molar-refractivity contribution is 0.475. The zero-order valence-corrected chi connectivity index (χ0v) is 17.8. The van der Waals surface area contributed by atoms with Crippen LogP contribution in [0.15, 0.2) is 66.7 Å². The van der Waals surface area contributed by atoms with Gasteiger partial charge in [-0.25, -0.2) is 0 Å². The minimum atomic E-state index is 0.284. The Bertz CT molecular complexity index is 1190. The third-order valence-electron chi connectivity index (χ3n) is 6.07. The van der Waals surface area contributed by atoms with Crippen LogP contribution in [-0.4, -0.2) is 21.8 Å². The second kappa shape index (κ2) is 8.40. The number of nitrogens with one attached hydrogen (secondary N) is 2. The molecule has 0 radical (unpaired) electrons. The maximum Gasteiger partial charge on any atom is 0.115 e. The fraction of sp³-hybridized carbons (Fsp3) is 0.222. The van der Waals surface area contributed by atoms with E-state index >= 15 is 0 Å². The summed E-state index contributed by atoms with van der Waals surface area (Å²) in [6, 6.07) is 22.6. The summed E-state index contributed by atoms with van der Waals surface area (Å²) >= 11 is 0. The van der Waals surface area contributed by atoms with Gasteiger partial charge in [-0.3, -0.25) is 5.10 Å². The quantitative estimate of drug-likeness (QED) is 0.293. The van der Waals surface area contributed by atoms with Gasteiger partial charge in [0.15, 0.2) is 0 Å². The average molecular weight is 410 g/mol. The summed E-state index contributed by atoms with van der Waals surface area (Å²) in [7, 11) is 0. The van der Waals surface area contributed by atoms with Gasteiger partial charge in [0.2, 0.25) is 0 Å². The highest BCUT2D eigenvalue weighted by molar-refractivity contribution is 5.82. The number of phenolic OH excluding ortho intramolecular Hbond substituents is 1. The SMILES string of the molecule is CCCCNCc1ccc2c(c1)Cc1c(-c3ccc(-c4ccc(O)cc4)cc3)n[nH]c1-2. The number of aromatic amines is 1. The van der Waals surface area contributed by atoms with Crippen LogP contribution in [0.1, 0.15) is 36.5 Å². The summed E-state index contributed by atoms with van der Waals surface area (Å²) in [5.74, 6) is 0.284. The first kappa shape index (κ1) is 19.6. The molecule has 3 aromatic carbocycles. The van der Waals surface area contributed by atoms with Crippen molar-refractivity contribution < 1.29 is 5.11 Å². The molecule has 3 N–H and O–H groups in total. The molecule has 1 aliphatic rings. The van der Waals surface area contributed by atoms with Crippen molar-refractivity contribution >= 4 is 0 Å². The molecular weight excluding hydrogens is 382 g/mol. The zero-order valence-electron chi connectivity index (χ0n) is 17.8. The van der Waals surface area contributed by atoms with Gasteiger partial charge in [0.05, 0.1) is 11.4 Å². The van der Waals surface area contributed by atoms with Crippen LogP contribution >= 0.6 is 0 Å². The van der Waals surface area contributed by atoms with Gasteiger partial charge in [-0.2, -0.15) is 5.10 Å². The molecule has 1 aromatic heterocycles. The van der Waals surface area contributed by atoms with E-state index in [2.05, 4.69) is 64.9 Å². The summed E-state index contributed by atoms with van der Waals surface area (Å²) < 4.78 is 0. The molecule has 1 heterocycles. The van der Waals surface area contributed by atoms with E-state index in [4.69, 9.17) is 0 Å². The molecule has 4 aromatic rings. The Morgan fingerprint density at radius 1 is 0.935 bits per heavy atom. The highest BCUT2D eigenvalue weighted by Gasteiger charge is 2.25. The van der Waals surface area contributed by atoms with Gasteiger partial charge in [0.1, 0.15) is 5.75 Å². The number of nitrogens with zero attached hydrogens (tertiary/aromatic N) is 1. The second-order valence-electron chi connectivity index (χ2n) is 8.25. The number of hydrogen-bond donors (Lipinski definition) is 3. The topological polar surface area (TPSA) is 60.9 Å². The van der Waals surface area contributed by atoms with Crippen molar-refractivity contribution in [3.8, 4) is 39.4 Å². The monoisotopic (exact) mass is 409 g/mol. The standard InChI is InChI=1S/C27H27N3O/c1-2-3-14-28-17-18-4-13-24-22(15-18)16-25-26(29-30-27(24)25)21-7-5-19(6-8-21)20-9-11-23(31)12-10-20/h4-13,15,28,31H,2-3,14,16-17H2,1H3,(H,29,30). The molecule has 156 valence electrons. The summed E-state index contributed by atoms with van der Waals surface area (Å²) in [5, 5.41) is 21.0. The maximum absolute atomic E-state index is 9.50. The van der Waals surface area contributed by atoms with Crippen LogP contribution in [0.5, 0.6) is 5.75 Å². The van der Waals surface area contributed by atoms with Crippen molar-refractivity contribution in [2.45, 2.75) is 32.7 Å². The summed E-state index contributed by atoms with van der Waals surface area (Å²) in [6.45, 7) is 4.21. The minimum Gasteiger partial charge on any atom is -0.508 e. The molecule has 0 fully saturated rings. The Morgan fingerprint density at radius 3 is 2.39 bits per heavy atom. The van der Waals surface area contributed by atoms with Crippen molar-refractivity contribution in [2.75, 3.05) is 6.54 Å². The van der Waals surface area contributed by atoms with E-state index in [0.29, 0.717) is 0 Å². The van der Waals surface area contributed by atoms with Gasteiger partial charge < -0.3 is 10.4 Å². The predicted molar refractivity (Wildman–Crippen MR) is 126 cm³/mol. The van der Waals surface area contributed by atoms with E-state index in [9.17, 15) is 5.11 Å². The molecule has 0 aliphatic heterocycles. The molecule has 0 saturated heterocycles. The minimum absolute atomic E-state index is 0.284. The van der Waals surface area contributed by atoms with Gasteiger partial charge in [-0.1, -0.05) is 67.9 Å². The van der Waals surface area contributed by atoms with Gasteiger partial charge in [-0.15, -0.1) is 0 Å². The number of unbranched alkanes of at least 4 members (excludes halogenated alkanes) is 1. The molecule has 0 spiro atoms. The number of hydrogen-bond acceptors (Lipinski definition) is 3. The van der Waals surface area contributed by atoms with Crippen LogP contribution in [0.3, 0.4) is 0 Å². The molecule has 0 bridgehead atoms. The summed E-state index contributed by atoms with van der Waals surface area (Å²) in [4.78, 5) is 0. The molecule has 31 heavy (non-hydrogen) atoms. The van der Waals surface area contributed by atoms with E-state index in [1.807, 2.05) is 12.1 Å². The number of phenols is 1. The van der Waals surface area contributed by atoms with Crippen molar-refractivity contribution in [3.63, 3.8) is 0 Å². The third kappa shape index (κ3) is 3.87. The lowest BCUT2D eigenvalue weighted by Crippen LogP contribution is -2.14. The molecule has 4 heteroatoms. The largest absolute Gasteiger partial charge is 0.508 e. The Hall–Kier alpha value is -3.37. The predicted octanol–water partition coefficient (Wildman–Crippen LogP) is 5.91. The first-order valence-corrected chi connectivity index (χ1v) is 11.0. The van der Waals surface area contributed by atoms with Crippen LogP contribution in [0.25, 0.3) is 33.6 Å². The number of aromatic hydroxyl groups is 1.